The molecule has 6 heteroatoms. The molecule has 2 saturated heterocycles. The number of piperazine rings is 1. The fourth-order valence-electron chi connectivity index (χ4n) is 2.68. The molecule has 2 fully saturated rings. The van der Waals surface area contributed by atoms with Gasteiger partial charge in [0, 0.05) is 0 Å². The maximum atomic E-state index is 12.6. The van der Waals surface area contributed by atoms with Crippen molar-refractivity contribution >= 4 is 17.7 Å². The minimum Gasteiger partial charge on any atom is -0.320 e. The van der Waals surface area contributed by atoms with Crippen LogP contribution in [0.25, 0.3) is 0 Å². The molecule has 0 aromatic carbocycles. The molecule has 2 rings (SSSR count). The van der Waals surface area contributed by atoms with Crippen molar-refractivity contribution in [3.63, 3.8) is 0 Å². The van der Waals surface area contributed by atoms with Gasteiger partial charge in [0.05, 0.1) is 5.54 Å². The van der Waals surface area contributed by atoms with Gasteiger partial charge in [-0.1, -0.05) is 6.92 Å². The molecule has 2 aliphatic rings. The molecule has 0 radical (unpaired) electrons. The van der Waals surface area contributed by atoms with Crippen LogP contribution in [0.1, 0.15) is 33.1 Å². The molecule has 0 bridgehead atoms. The Labute approximate surface area is 106 Å². The first kappa shape index (κ1) is 13.0. The van der Waals surface area contributed by atoms with Crippen LogP contribution in [-0.4, -0.2) is 47.3 Å². The van der Waals surface area contributed by atoms with E-state index in [9.17, 15) is 14.4 Å². The molecule has 2 N–H and O–H groups in total. The number of hydrogen-bond acceptors (Lipinski definition) is 4. The topological polar surface area (TPSA) is 78.5 Å². The van der Waals surface area contributed by atoms with Crippen LogP contribution in [0.5, 0.6) is 0 Å². The highest BCUT2D eigenvalue weighted by Crippen LogP contribution is 2.26. The molecule has 0 spiro atoms. The van der Waals surface area contributed by atoms with Crippen molar-refractivity contribution in [3.05, 3.63) is 0 Å². The smallest absolute Gasteiger partial charge is 0.249 e. The Hall–Kier alpha value is -1.43. The molecule has 2 aliphatic heterocycles. The highest BCUT2D eigenvalue weighted by Gasteiger charge is 2.45. The molecule has 100 valence electrons. The van der Waals surface area contributed by atoms with Crippen LogP contribution in [-0.2, 0) is 14.4 Å². The van der Waals surface area contributed by atoms with E-state index in [1.807, 2.05) is 6.92 Å². The SMILES string of the molecule is CCC1(C(=O)N2CC(=O)NC(=O)C2C)CCCN1. The highest BCUT2D eigenvalue weighted by atomic mass is 16.2. The van der Waals surface area contributed by atoms with E-state index >= 15 is 0 Å². The minimum absolute atomic E-state index is 0.0326. The number of rotatable bonds is 2. The summed E-state index contributed by atoms with van der Waals surface area (Å²) in [5.41, 5.74) is -0.591. The van der Waals surface area contributed by atoms with E-state index in [1.54, 1.807) is 6.92 Å². The first-order valence-corrected chi connectivity index (χ1v) is 6.40. The second-order valence-corrected chi connectivity index (χ2v) is 4.99. The molecule has 0 aromatic rings. The van der Waals surface area contributed by atoms with Crippen molar-refractivity contribution in [2.45, 2.75) is 44.7 Å². The molecule has 18 heavy (non-hydrogen) atoms. The van der Waals surface area contributed by atoms with Crippen LogP contribution < -0.4 is 10.6 Å². The lowest BCUT2D eigenvalue weighted by Crippen LogP contribution is -2.64. The summed E-state index contributed by atoms with van der Waals surface area (Å²) in [5.74, 6) is -0.933. The van der Waals surface area contributed by atoms with E-state index < -0.39 is 23.4 Å². The average Bonchev–Trinajstić information content (AvgIpc) is 2.82. The van der Waals surface area contributed by atoms with Gasteiger partial charge < -0.3 is 10.2 Å². The lowest BCUT2D eigenvalue weighted by Gasteiger charge is -2.38. The summed E-state index contributed by atoms with van der Waals surface area (Å²) in [4.78, 5) is 37.0. The van der Waals surface area contributed by atoms with Crippen molar-refractivity contribution in [2.75, 3.05) is 13.1 Å². The van der Waals surface area contributed by atoms with Gasteiger partial charge in [-0.3, -0.25) is 19.7 Å². The zero-order valence-electron chi connectivity index (χ0n) is 10.8. The molecular formula is C12H19N3O3. The maximum absolute atomic E-state index is 12.6. The van der Waals surface area contributed by atoms with Gasteiger partial charge in [0.25, 0.3) is 0 Å². The van der Waals surface area contributed by atoms with Crippen LogP contribution in [0.4, 0.5) is 0 Å². The summed E-state index contributed by atoms with van der Waals surface area (Å²) < 4.78 is 0. The maximum Gasteiger partial charge on any atom is 0.249 e. The van der Waals surface area contributed by atoms with Crippen LogP contribution in [0, 0.1) is 0 Å². The predicted octanol–water partition coefficient (Wildman–Crippen LogP) is -0.608. The summed E-state index contributed by atoms with van der Waals surface area (Å²) in [6.45, 7) is 4.38. The molecule has 3 amide bonds. The molecule has 2 atom stereocenters. The van der Waals surface area contributed by atoms with E-state index in [0.717, 1.165) is 19.4 Å². The second kappa shape index (κ2) is 4.68. The Bertz CT molecular complexity index is 388. The number of hydrogen-bond donors (Lipinski definition) is 2. The van der Waals surface area contributed by atoms with E-state index in [0.29, 0.717) is 6.42 Å². The summed E-state index contributed by atoms with van der Waals surface area (Å²) in [6.07, 6.45) is 2.38. The Morgan fingerprint density at radius 2 is 2.22 bits per heavy atom. The van der Waals surface area contributed by atoms with Gasteiger partial charge >= 0.3 is 0 Å². The zero-order valence-corrected chi connectivity index (χ0v) is 10.8. The van der Waals surface area contributed by atoms with Gasteiger partial charge in [-0.05, 0) is 32.7 Å². The molecule has 2 unspecified atom stereocenters. The van der Waals surface area contributed by atoms with Crippen LogP contribution in [0.15, 0.2) is 0 Å². The fraction of sp³-hybridized carbons (Fsp3) is 0.750. The zero-order chi connectivity index (χ0) is 13.3. The molecule has 0 aliphatic carbocycles. The Morgan fingerprint density at radius 1 is 1.50 bits per heavy atom. The van der Waals surface area contributed by atoms with Crippen LogP contribution in [0.2, 0.25) is 0 Å². The third kappa shape index (κ3) is 2.01. The summed E-state index contributed by atoms with van der Waals surface area (Å²) in [7, 11) is 0. The lowest BCUT2D eigenvalue weighted by molar-refractivity contribution is -0.153. The second-order valence-electron chi connectivity index (χ2n) is 4.99. The van der Waals surface area contributed by atoms with Crippen LogP contribution >= 0.6 is 0 Å². The van der Waals surface area contributed by atoms with Gasteiger partial charge in [0.1, 0.15) is 12.6 Å². The Kier molecular flexibility index (Phi) is 3.38. The number of nitrogens with zero attached hydrogens (tertiary/aromatic N) is 1. The van der Waals surface area contributed by atoms with E-state index in [4.69, 9.17) is 0 Å². The monoisotopic (exact) mass is 253 g/mol. The molecule has 0 saturated carbocycles. The number of carbonyl (C=O) groups is 3. The summed E-state index contributed by atoms with van der Waals surface area (Å²) in [6, 6.07) is -0.582. The van der Waals surface area contributed by atoms with Gasteiger partial charge in [-0.2, -0.15) is 0 Å². The lowest BCUT2D eigenvalue weighted by atomic mass is 9.91. The van der Waals surface area contributed by atoms with Crippen molar-refractivity contribution in [1.82, 2.24) is 15.5 Å². The van der Waals surface area contributed by atoms with Crippen molar-refractivity contribution in [3.8, 4) is 0 Å². The minimum atomic E-state index is -0.591. The van der Waals surface area contributed by atoms with E-state index in [2.05, 4.69) is 10.6 Å². The average molecular weight is 253 g/mol. The fourth-order valence-corrected chi connectivity index (χ4v) is 2.68. The van der Waals surface area contributed by atoms with Crippen molar-refractivity contribution in [1.29, 1.82) is 0 Å². The number of nitrogens with one attached hydrogen (secondary N) is 2. The van der Waals surface area contributed by atoms with Gasteiger partial charge in [0.2, 0.25) is 17.7 Å². The number of amides is 3. The van der Waals surface area contributed by atoms with E-state index in [1.165, 1.54) is 4.90 Å². The Balaban J connectivity index is 2.21. The quantitative estimate of drug-likeness (QED) is 0.644. The van der Waals surface area contributed by atoms with Gasteiger partial charge in [-0.15, -0.1) is 0 Å². The largest absolute Gasteiger partial charge is 0.320 e. The third-order valence-electron chi connectivity index (χ3n) is 3.94. The van der Waals surface area contributed by atoms with Crippen molar-refractivity contribution in [2.24, 2.45) is 0 Å². The van der Waals surface area contributed by atoms with E-state index in [-0.39, 0.29) is 12.5 Å². The van der Waals surface area contributed by atoms with Gasteiger partial charge in [-0.25, -0.2) is 0 Å². The molecule has 0 aromatic heterocycles. The Morgan fingerprint density at radius 3 is 2.78 bits per heavy atom. The van der Waals surface area contributed by atoms with Crippen LogP contribution in [0.3, 0.4) is 0 Å². The number of imide groups is 1. The van der Waals surface area contributed by atoms with Gasteiger partial charge in [0.15, 0.2) is 0 Å². The standard InChI is InChI=1S/C12H19N3O3/c1-3-12(5-4-6-13-12)11(18)15-7-9(16)14-10(17)8(15)2/h8,13H,3-7H2,1-2H3,(H,14,16,17). The summed E-state index contributed by atoms with van der Waals surface area (Å²) >= 11 is 0. The first-order valence-electron chi connectivity index (χ1n) is 6.40. The summed E-state index contributed by atoms with van der Waals surface area (Å²) in [5, 5.41) is 5.48. The normalized spacial score (nSPS) is 32.6. The molecule has 2 heterocycles. The number of carbonyl (C=O) groups excluding carboxylic acids is 3. The first-order chi connectivity index (χ1) is 8.50. The highest BCUT2D eigenvalue weighted by molar-refractivity contribution is 6.05. The predicted molar refractivity (Wildman–Crippen MR) is 64.6 cm³/mol. The molecular weight excluding hydrogens is 234 g/mol. The third-order valence-corrected chi connectivity index (χ3v) is 3.94. The van der Waals surface area contributed by atoms with Crippen molar-refractivity contribution < 1.29 is 14.4 Å². The molecule has 6 nitrogen and oxygen atoms in total.